The Kier molecular flexibility index (Phi) is 4.07. The Bertz CT molecular complexity index is 1010. The van der Waals surface area contributed by atoms with Crippen molar-refractivity contribution in [1.82, 2.24) is 0 Å². The zero-order valence-electron chi connectivity index (χ0n) is 14.2. The van der Waals surface area contributed by atoms with Gasteiger partial charge < -0.3 is 0 Å². The monoisotopic (exact) mass is 326 g/mol. The SMILES string of the molecule is CCc1ccc2cc(-c3ccc(-c4ccc(F)cc4)cc3)ccc2c1. The van der Waals surface area contributed by atoms with E-state index >= 15 is 0 Å². The van der Waals surface area contributed by atoms with Crippen molar-refractivity contribution in [2.75, 3.05) is 0 Å². The van der Waals surface area contributed by atoms with Gasteiger partial charge in [-0.2, -0.15) is 0 Å². The van der Waals surface area contributed by atoms with E-state index in [9.17, 15) is 4.39 Å². The lowest BCUT2D eigenvalue weighted by molar-refractivity contribution is 0.628. The van der Waals surface area contributed by atoms with E-state index in [0.717, 1.165) is 17.5 Å². The molecule has 4 rings (SSSR count). The van der Waals surface area contributed by atoms with Crippen LogP contribution in [-0.4, -0.2) is 0 Å². The van der Waals surface area contributed by atoms with Crippen molar-refractivity contribution in [3.63, 3.8) is 0 Å². The van der Waals surface area contributed by atoms with E-state index in [1.165, 1.54) is 39.6 Å². The molecule has 4 aromatic carbocycles. The molecule has 1 heteroatoms. The van der Waals surface area contributed by atoms with E-state index in [4.69, 9.17) is 0 Å². The second-order valence-electron chi connectivity index (χ2n) is 6.33. The molecule has 0 aromatic heterocycles. The first kappa shape index (κ1) is 15.6. The topological polar surface area (TPSA) is 0 Å². The summed E-state index contributed by atoms with van der Waals surface area (Å²) in [6, 6.07) is 28.3. The number of hydrogen-bond acceptors (Lipinski definition) is 0. The van der Waals surface area contributed by atoms with E-state index in [1.807, 2.05) is 12.1 Å². The molecule has 0 aliphatic heterocycles. The van der Waals surface area contributed by atoms with E-state index in [-0.39, 0.29) is 5.82 Å². The molecule has 0 heterocycles. The first-order valence-corrected chi connectivity index (χ1v) is 8.62. The highest BCUT2D eigenvalue weighted by Gasteiger charge is 2.03. The Balaban J connectivity index is 1.67. The number of rotatable bonds is 3. The maximum atomic E-state index is 13.1. The molecule has 0 aliphatic rings. The summed E-state index contributed by atoms with van der Waals surface area (Å²) < 4.78 is 13.1. The summed E-state index contributed by atoms with van der Waals surface area (Å²) in [5.74, 6) is -0.206. The average molecular weight is 326 g/mol. The molecule has 25 heavy (non-hydrogen) atoms. The Morgan fingerprint density at radius 1 is 0.560 bits per heavy atom. The summed E-state index contributed by atoms with van der Waals surface area (Å²) in [4.78, 5) is 0. The third-order valence-electron chi connectivity index (χ3n) is 4.71. The Labute approximate surface area is 147 Å². The van der Waals surface area contributed by atoms with Gasteiger partial charge in [-0.05, 0) is 63.2 Å². The predicted molar refractivity (Wildman–Crippen MR) is 104 cm³/mol. The van der Waals surface area contributed by atoms with E-state index in [0.29, 0.717) is 0 Å². The van der Waals surface area contributed by atoms with Crippen LogP contribution in [-0.2, 0) is 6.42 Å². The molecular weight excluding hydrogens is 307 g/mol. The fourth-order valence-electron chi connectivity index (χ4n) is 3.19. The smallest absolute Gasteiger partial charge is 0.123 e. The highest BCUT2D eigenvalue weighted by Crippen LogP contribution is 2.28. The number of benzene rings is 4. The van der Waals surface area contributed by atoms with Crippen LogP contribution in [0.3, 0.4) is 0 Å². The average Bonchev–Trinajstić information content (AvgIpc) is 2.68. The summed E-state index contributed by atoms with van der Waals surface area (Å²) in [5.41, 5.74) is 5.88. The Morgan fingerprint density at radius 2 is 1.04 bits per heavy atom. The first-order valence-electron chi connectivity index (χ1n) is 8.62. The number of halogens is 1. The van der Waals surface area contributed by atoms with Crippen LogP contribution in [0.5, 0.6) is 0 Å². The highest BCUT2D eigenvalue weighted by atomic mass is 19.1. The molecular formula is C24H19F. The third-order valence-corrected chi connectivity index (χ3v) is 4.71. The normalized spacial score (nSPS) is 11.0. The van der Waals surface area contributed by atoms with Crippen molar-refractivity contribution < 1.29 is 4.39 Å². The fraction of sp³-hybridized carbons (Fsp3) is 0.0833. The molecule has 0 saturated carbocycles. The van der Waals surface area contributed by atoms with Gasteiger partial charge in [0.25, 0.3) is 0 Å². The second-order valence-corrected chi connectivity index (χ2v) is 6.33. The zero-order valence-corrected chi connectivity index (χ0v) is 14.2. The maximum Gasteiger partial charge on any atom is 0.123 e. The van der Waals surface area contributed by atoms with Crippen LogP contribution in [0, 0.1) is 5.82 Å². The van der Waals surface area contributed by atoms with Crippen molar-refractivity contribution >= 4 is 10.8 Å². The van der Waals surface area contributed by atoms with Crippen molar-refractivity contribution in [3.05, 3.63) is 96.3 Å². The van der Waals surface area contributed by atoms with E-state index in [1.54, 1.807) is 0 Å². The predicted octanol–water partition coefficient (Wildman–Crippen LogP) is 6.88. The van der Waals surface area contributed by atoms with Gasteiger partial charge in [-0.1, -0.05) is 73.7 Å². The molecule has 4 aromatic rings. The van der Waals surface area contributed by atoms with Crippen LogP contribution in [0.15, 0.2) is 84.9 Å². The summed E-state index contributed by atoms with van der Waals surface area (Å²) in [7, 11) is 0. The molecule has 122 valence electrons. The molecule has 0 fully saturated rings. The van der Waals surface area contributed by atoms with Crippen LogP contribution in [0.4, 0.5) is 4.39 Å². The lowest BCUT2D eigenvalue weighted by atomic mass is 9.97. The molecule has 0 bridgehead atoms. The van der Waals surface area contributed by atoms with Gasteiger partial charge in [0.1, 0.15) is 5.82 Å². The van der Waals surface area contributed by atoms with Gasteiger partial charge in [-0.25, -0.2) is 4.39 Å². The maximum absolute atomic E-state index is 13.1. The highest BCUT2D eigenvalue weighted by molar-refractivity contribution is 5.88. The minimum absolute atomic E-state index is 0.206. The fourth-order valence-corrected chi connectivity index (χ4v) is 3.19. The molecule has 0 atom stereocenters. The van der Waals surface area contributed by atoms with E-state index in [2.05, 4.69) is 67.6 Å². The van der Waals surface area contributed by atoms with Crippen LogP contribution in [0.25, 0.3) is 33.0 Å². The second kappa shape index (κ2) is 6.52. The number of fused-ring (bicyclic) bond motifs is 1. The Hall–Kier alpha value is -2.93. The molecule has 0 saturated heterocycles. The lowest BCUT2D eigenvalue weighted by Gasteiger charge is -2.07. The van der Waals surface area contributed by atoms with E-state index < -0.39 is 0 Å². The Morgan fingerprint density at radius 3 is 1.68 bits per heavy atom. The zero-order chi connectivity index (χ0) is 17.2. The van der Waals surface area contributed by atoms with Crippen LogP contribution < -0.4 is 0 Å². The van der Waals surface area contributed by atoms with Crippen molar-refractivity contribution in [2.45, 2.75) is 13.3 Å². The third kappa shape index (κ3) is 3.18. The van der Waals surface area contributed by atoms with Gasteiger partial charge in [-0.15, -0.1) is 0 Å². The van der Waals surface area contributed by atoms with Gasteiger partial charge in [0, 0.05) is 0 Å². The molecule has 0 aliphatic carbocycles. The van der Waals surface area contributed by atoms with Crippen molar-refractivity contribution in [3.8, 4) is 22.3 Å². The van der Waals surface area contributed by atoms with Crippen LogP contribution in [0.2, 0.25) is 0 Å². The first-order chi connectivity index (χ1) is 12.2. The standard InChI is InChI=1S/C24H19F/c1-2-17-3-4-23-16-22(10-9-21(23)15-17)20-7-5-18(6-8-20)19-11-13-24(25)14-12-19/h3-16H,2H2,1H3. The van der Waals surface area contributed by atoms with Crippen molar-refractivity contribution in [2.24, 2.45) is 0 Å². The molecule has 0 nitrogen and oxygen atoms in total. The van der Waals surface area contributed by atoms with Gasteiger partial charge in [0.2, 0.25) is 0 Å². The largest absolute Gasteiger partial charge is 0.207 e. The molecule has 0 N–H and O–H groups in total. The van der Waals surface area contributed by atoms with Gasteiger partial charge in [0.15, 0.2) is 0 Å². The van der Waals surface area contributed by atoms with Crippen molar-refractivity contribution in [1.29, 1.82) is 0 Å². The lowest BCUT2D eigenvalue weighted by Crippen LogP contribution is -1.83. The molecule has 0 unspecified atom stereocenters. The summed E-state index contributed by atoms with van der Waals surface area (Å²) >= 11 is 0. The molecule has 0 amide bonds. The summed E-state index contributed by atoms with van der Waals surface area (Å²) in [5, 5.41) is 2.54. The molecule has 0 radical (unpaired) electrons. The van der Waals surface area contributed by atoms with Gasteiger partial charge >= 0.3 is 0 Å². The number of hydrogen-bond donors (Lipinski definition) is 0. The van der Waals surface area contributed by atoms with Crippen LogP contribution >= 0.6 is 0 Å². The quantitative estimate of drug-likeness (QED) is 0.385. The van der Waals surface area contributed by atoms with Gasteiger partial charge in [-0.3, -0.25) is 0 Å². The van der Waals surface area contributed by atoms with Gasteiger partial charge in [0.05, 0.1) is 0 Å². The molecule has 0 spiro atoms. The summed E-state index contributed by atoms with van der Waals surface area (Å²) in [6.07, 6.45) is 1.06. The number of aryl methyl sites for hydroxylation is 1. The minimum atomic E-state index is -0.206. The van der Waals surface area contributed by atoms with Crippen LogP contribution in [0.1, 0.15) is 12.5 Å². The minimum Gasteiger partial charge on any atom is -0.207 e. The summed E-state index contributed by atoms with van der Waals surface area (Å²) in [6.45, 7) is 2.18.